The third-order valence-corrected chi connectivity index (χ3v) is 2.49. The van der Waals surface area contributed by atoms with Gasteiger partial charge in [0.15, 0.2) is 11.6 Å². The molecule has 0 bridgehead atoms. The van der Waals surface area contributed by atoms with E-state index in [0.29, 0.717) is 18.6 Å². The number of halogens is 3. The molecule has 0 aliphatic rings. The van der Waals surface area contributed by atoms with E-state index >= 15 is 0 Å². The Kier molecular flexibility index (Phi) is 3.77. The van der Waals surface area contributed by atoms with Crippen LogP contribution < -0.4 is 11.1 Å². The molecule has 17 heavy (non-hydrogen) atoms. The van der Waals surface area contributed by atoms with Gasteiger partial charge in [0.05, 0.1) is 11.2 Å². The molecule has 94 valence electrons. The molecule has 0 heterocycles. The molecule has 1 rings (SSSR count). The third kappa shape index (κ3) is 2.97. The molecule has 0 aliphatic carbocycles. The van der Waals surface area contributed by atoms with Crippen LogP contribution >= 0.6 is 0 Å². The van der Waals surface area contributed by atoms with Gasteiger partial charge in [-0.15, -0.1) is 0 Å². The second-order valence-corrected chi connectivity index (χ2v) is 3.97. The summed E-state index contributed by atoms with van der Waals surface area (Å²) in [4.78, 5) is 11.6. The number of amides is 1. The van der Waals surface area contributed by atoms with E-state index in [9.17, 15) is 18.0 Å². The molecular formula is C11H13F3N2O. The van der Waals surface area contributed by atoms with E-state index in [0.717, 1.165) is 0 Å². The zero-order valence-electron chi connectivity index (χ0n) is 9.48. The number of nitrogens with one attached hydrogen (secondary N) is 1. The molecule has 1 aromatic rings. The van der Waals surface area contributed by atoms with Crippen molar-refractivity contribution < 1.29 is 18.0 Å². The van der Waals surface area contributed by atoms with E-state index in [1.807, 2.05) is 0 Å². The quantitative estimate of drug-likeness (QED) is 0.803. The summed E-state index contributed by atoms with van der Waals surface area (Å²) in [5, 5.41) is 2.06. The predicted octanol–water partition coefficient (Wildman–Crippen LogP) is 2.17. The Labute approximate surface area is 96.8 Å². The molecule has 1 unspecified atom stereocenters. The number of hydrogen-bond donors (Lipinski definition) is 2. The van der Waals surface area contributed by atoms with Crippen LogP contribution in [0.1, 0.15) is 20.3 Å². The Hall–Kier alpha value is -1.56. The van der Waals surface area contributed by atoms with Gasteiger partial charge in [-0.3, -0.25) is 4.79 Å². The monoisotopic (exact) mass is 246 g/mol. The van der Waals surface area contributed by atoms with Crippen LogP contribution in [-0.2, 0) is 4.79 Å². The smallest absolute Gasteiger partial charge is 0.244 e. The highest BCUT2D eigenvalue weighted by Crippen LogP contribution is 2.20. The van der Waals surface area contributed by atoms with Crippen LogP contribution in [0, 0.1) is 17.5 Å². The van der Waals surface area contributed by atoms with Crippen molar-refractivity contribution in [3.8, 4) is 0 Å². The maximum atomic E-state index is 13.2. The van der Waals surface area contributed by atoms with E-state index in [1.165, 1.54) is 6.92 Å². The lowest BCUT2D eigenvalue weighted by Crippen LogP contribution is -2.47. The summed E-state index contributed by atoms with van der Waals surface area (Å²) >= 11 is 0. The molecule has 1 atom stereocenters. The van der Waals surface area contributed by atoms with Crippen molar-refractivity contribution in [3.63, 3.8) is 0 Å². The lowest BCUT2D eigenvalue weighted by atomic mass is 9.99. The fourth-order valence-corrected chi connectivity index (χ4v) is 1.07. The first kappa shape index (κ1) is 13.5. The number of carbonyl (C=O) groups excluding carboxylic acids is 1. The van der Waals surface area contributed by atoms with E-state index in [-0.39, 0.29) is 0 Å². The van der Waals surface area contributed by atoms with Gasteiger partial charge in [-0.05, 0) is 13.3 Å². The third-order valence-electron chi connectivity index (χ3n) is 2.49. The molecule has 0 radical (unpaired) electrons. The number of benzene rings is 1. The van der Waals surface area contributed by atoms with Gasteiger partial charge in [0.1, 0.15) is 5.82 Å². The topological polar surface area (TPSA) is 55.1 Å². The molecule has 3 nitrogen and oxygen atoms in total. The molecule has 0 aromatic heterocycles. The number of anilines is 1. The predicted molar refractivity (Wildman–Crippen MR) is 57.8 cm³/mol. The summed E-state index contributed by atoms with van der Waals surface area (Å²) in [7, 11) is 0. The maximum absolute atomic E-state index is 13.2. The van der Waals surface area contributed by atoms with E-state index < -0.39 is 34.6 Å². The average Bonchev–Trinajstić information content (AvgIpc) is 2.25. The van der Waals surface area contributed by atoms with Crippen LogP contribution in [0.2, 0.25) is 0 Å². The van der Waals surface area contributed by atoms with Gasteiger partial charge in [-0.2, -0.15) is 0 Å². The second-order valence-electron chi connectivity index (χ2n) is 3.97. The minimum absolute atomic E-state index is 0.304. The summed E-state index contributed by atoms with van der Waals surface area (Å²) < 4.78 is 39.0. The molecular weight excluding hydrogens is 233 g/mol. The van der Waals surface area contributed by atoms with Gasteiger partial charge in [-0.1, -0.05) is 6.92 Å². The summed E-state index contributed by atoms with van der Waals surface area (Å²) in [5.74, 6) is -4.36. The highest BCUT2D eigenvalue weighted by molar-refractivity contribution is 5.97. The van der Waals surface area contributed by atoms with E-state index in [1.54, 1.807) is 6.92 Å². The Bertz CT molecular complexity index is 447. The summed E-state index contributed by atoms with van der Waals surface area (Å²) in [5.41, 5.74) is 3.83. The largest absolute Gasteiger partial charge is 0.322 e. The molecule has 0 saturated carbocycles. The zero-order valence-corrected chi connectivity index (χ0v) is 9.48. The van der Waals surface area contributed by atoms with Gasteiger partial charge >= 0.3 is 0 Å². The Balaban J connectivity index is 3.00. The number of carbonyl (C=O) groups is 1. The van der Waals surface area contributed by atoms with Crippen LogP contribution in [0.5, 0.6) is 0 Å². The van der Waals surface area contributed by atoms with E-state index in [4.69, 9.17) is 5.73 Å². The van der Waals surface area contributed by atoms with Crippen molar-refractivity contribution in [2.24, 2.45) is 5.73 Å². The summed E-state index contributed by atoms with van der Waals surface area (Å²) in [6, 6.07) is 1.09. The van der Waals surface area contributed by atoms with Crippen molar-refractivity contribution in [3.05, 3.63) is 29.6 Å². The summed E-state index contributed by atoms with van der Waals surface area (Å²) in [6.45, 7) is 3.11. The van der Waals surface area contributed by atoms with Gasteiger partial charge in [0.2, 0.25) is 5.91 Å². The maximum Gasteiger partial charge on any atom is 0.244 e. The van der Waals surface area contributed by atoms with E-state index in [2.05, 4.69) is 5.32 Å². The van der Waals surface area contributed by atoms with Crippen LogP contribution in [0.3, 0.4) is 0 Å². The van der Waals surface area contributed by atoms with Crippen LogP contribution in [-0.4, -0.2) is 11.4 Å². The fraction of sp³-hybridized carbons (Fsp3) is 0.364. The van der Waals surface area contributed by atoms with Crippen LogP contribution in [0.4, 0.5) is 18.9 Å². The highest BCUT2D eigenvalue weighted by atomic mass is 19.2. The lowest BCUT2D eigenvalue weighted by molar-refractivity contribution is -0.120. The second kappa shape index (κ2) is 4.75. The molecule has 0 fully saturated rings. The number of nitrogens with two attached hydrogens (primary N) is 1. The number of hydrogen-bond acceptors (Lipinski definition) is 2. The van der Waals surface area contributed by atoms with Crippen molar-refractivity contribution in [2.45, 2.75) is 25.8 Å². The van der Waals surface area contributed by atoms with Gasteiger partial charge in [-0.25, -0.2) is 13.2 Å². The van der Waals surface area contributed by atoms with Crippen LogP contribution in [0.25, 0.3) is 0 Å². The molecule has 0 saturated heterocycles. The average molecular weight is 246 g/mol. The first-order valence-corrected chi connectivity index (χ1v) is 5.03. The van der Waals surface area contributed by atoms with Crippen molar-refractivity contribution in [2.75, 3.05) is 5.32 Å². The standard InChI is InChI=1S/C11H13F3N2O/c1-3-11(2,15)10(17)16-8-5-6(12)4-7(13)9(8)14/h4-5H,3,15H2,1-2H3,(H,16,17). The van der Waals surface area contributed by atoms with Crippen molar-refractivity contribution in [1.29, 1.82) is 0 Å². The van der Waals surface area contributed by atoms with Gasteiger partial charge in [0, 0.05) is 12.1 Å². The minimum atomic E-state index is -1.37. The highest BCUT2D eigenvalue weighted by Gasteiger charge is 2.27. The summed E-state index contributed by atoms with van der Waals surface area (Å²) in [6.07, 6.45) is 0.304. The first-order valence-electron chi connectivity index (χ1n) is 5.03. The van der Waals surface area contributed by atoms with Crippen molar-refractivity contribution in [1.82, 2.24) is 0 Å². The van der Waals surface area contributed by atoms with Gasteiger partial charge < -0.3 is 11.1 Å². The molecule has 0 aliphatic heterocycles. The van der Waals surface area contributed by atoms with Crippen molar-refractivity contribution >= 4 is 11.6 Å². The molecule has 1 amide bonds. The Morgan fingerprint density at radius 3 is 2.53 bits per heavy atom. The minimum Gasteiger partial charge on any atom is -0.322 e. The normalized spacial score (nSPS) is 14.2. The molecule has 1 aromatic carbocycles. The Morgan fingerprint density at radius 2 is 2.00 bits per heavy atom. The molecule has 6 heteroatoms. The number of rotatable bonds is 3. The fourth-order valence-electron chi connectivity index (χ4n) is 1.07. The van der Waals surface area contributed by atoms with Crippen LogP contribution in [0.15, 0.2) is 12.1 Å². The molecule has 0 spiro atoms. The lowest BCUT2D eigenvalue weighted by Gasteiger charge is -2.21. The zero-order chi connectivity index (χ0) is 13.2. The SMILES string of the molecule is CCC(C)(N)C(=O)Nc1cc(F)cc(F)c1F. The van der Waals surface area contributed by atoms with Gasteiger partial charge in [0.25, 0.3) is 0 Å². The Morgan fingerprint density at radius 1 is 1.41 bits per heavy atom. The molecule has 3 N–H and O–H groups in total. The first-order chi connectivity index (χ1) is 7.77.